The van der Waals surface area contributed by atoms with Crippen molar-refractivity contribution in [1.29, 1.82) is 0 Å². The summed E-state index contributed by atoms with van der Waals surface area (Å²) in [6, 6.07) is 18.1. The monoisotopic (exact) mass is 423 g/mol. The molecule has 3 aromatic rings. The molecule has 1 aromatic heterocycles. The number of rotatable bonds is 6. The van der Waals surface area contributed by atoms with Crippen LogP contribution in [-0.4, -0.2) is 64.1 Å². The summed E-state index contributed by atoms with van der Waals surface area (Å²) >= 11 is 0. The second-order valence-electron chi connectivity index (χ2n) is 7.80. The second-order valence-corrected chi connectivity index (χ2v) is 7.80. The molecule has 0 radical (unpaired) electrons. The second kappa shape index (κ2) is 8.50. The van der Waals surface area contributed by atoms with Crippen molar-refractivity contribution in [1.82, 2.24) is 15.2 Å². The molecule has 0 unspecified atom stereocenters. The number of carbonyl (C=O) groups is 2. The van der Waals surface area contributed by atoms with Crippen LogP contribution in [0.15, 0.2) is 60.7 Å². The van der Waals surface area contributed by atoms with Crippen LogP contribution in [0.4, 0.5) is 0 Å². The fourth-order valence-electron chi connectivity index (χ4n) is 3.82. The van der Waals surface area contributed by atoms with Crippen LogP contribution in [0.3, 0.4) is 0 Å². The molecule has 2 heterocycles. The van der Waals surface area contributed by atoms with Gasteiger partial charge in [-0.05, 0) is 24.3 Å². The minimum atomic E-state index is -1.64. The molecule has 162 valence electrons. The number of para-hydroxylation sites is 1. The van der Waals surface area contributed by atoms with Gasteiger partial charge in [0.1, 0.15) is 23.5 Å². The van der Waals surface area contributed by atoms with E-state index in [0.717, 1.165) is 10.9 Å². The van der Waals surface area contributed by atoms with Gasteiger partial charge in [-0.15, -0.1) is 0 Å². The average Bonchev–Trinajstić information content (AvgIpc) is 3.28. The summed E-state index contributed by atoms with van der Waals surface area (Å²) in [5, 5.41) is 27.6. The highest BCUT2D eigenvalue weighted by molar-refractivity contribution is 5.98. The van der Waals surface area contributed by atoms with E-state index in [1.807, 2.05) is 31.3 Å². The lowest BCUT2D eigenvalue weighted by atomic mass is 9.96. The van der Waals surface area contributed by atoms with Crippen molar-refractivity contribution in [3.63, 3.8) is 0 Å². The lowest BCUT2D eigenvalue weighted by Gasteiger charge is -2.26. The van der Waals surface area contributed by atoms with Gasteiger partial charge in [0.25, 0.3) is 11.8 Å². The zero-order valence-electron chi connectivity index (χ0n) is 17.1. The number of fused-ring (bicyclic) bond motifs is 1. The quantitative estimate of drug-likeness (QED) is 0.469. The first-order valence-corrected chi connectivity index (χ1v) is 10.1. The molecule has 0 aliphatic carbocycles. The van der Waals surface area contributed by atoms with Crippen molar-refractivity contribution >= 4 is 22.7 Å². The Hall–Kier alpha value is -3.20. The first-order valence-electron chi connectivity index (χ1n) is 10.1. The Morgan fingerprint density at radius 1 is 1.10 bits per heavy atom. The molecule has 0 spiro atoms. The van der Waals surface area contributed by atoms with E-state index >= 15 is 0 Å². The Labute approximate surface area is 179 Å². The molecular formula is C23H25N3O5. The molecular weight excluding hydrogens is 398 g/mol. The summed E-state index contributed by atoms with van der Waals surface area (Å²) in [4.78, 5) is 24.8. The number of aromatic nitrogens is 1. The van der Waals surface area contributed by atoms with Crippen molar-refractivity contribution in [3.8, 4) is 0 Å². The van der Waals surface area contributed by atoms with E-state index in [-0.39, 0.29) is 31.5 Å². The number of amides is 2. The number of benzene rings is 2. The van der Waals surface area contributed by atoms with Crippen molar-refractivity contribution < 1.29 is 24.5 Å². The van der Waals surface area contributed by atoms with Gasteiger partial charge in [-0.2, -0.15) is 0 Å². The van der Waals surface area contributed by atoms with Crippen LogP contribution in [0, 0.1) is 0 Å². The van der Waals surface area contributed by atoms with Crippen LogP contribution in [0.1, 0.15) is 20.8 Å². The Balaban J connectivity index is 1.34. The zero-order valence-corrected chi connectivity index (χ0v) is 17.1. The van der Waals surface area contributed by atoms with Gasteiger partial charge in [0.05, 0.1) is 13.2 Å². The van der Waals surface area contributed by atoms with Crippen molar-refractivity contribution in [2.75, 3.05) is 19.7 Å². The zero-order chi connectivity index (χ0) is 22.0. The molecule has 31 heavy (non-hydrogen) atoms. The van der Waals surface area contributed by atoms with E-state index < -0.39 is 17.8 Å². The fraction of sp³-hybridized carbons (Fsp3) is 0.304. The molecule has 4 rings (SSSR count). The summed E-state index contributed by atoms with van der Waals surface area (Å²) in [7, 11) is 1.81. The number of carbonyl (C=O) groups excluding carboxylic acids is 2. The van der Waals surface area contributed by atoms with Crippen LogP contribution in [-0.2, 0) is 11.8 Å². The van der Waals surface area contributed by atoms with Crippen molar-refractivity contribution in [2.45, 2.75) is 17.8 Å². The van der Waals surface area contributed by atoms with Gasteiger partial charge >= 0.3 is 0 Å². The van der Waals surface area contributed by atoms with Crippen LogP contribution in [0.2, 0.25) is 0 Å². The van der Waals surface area contributed by atoms with Crippen molar-refractivity contribution in [2.24, 2.45) is 7.05 Å². The van der Waals surface area contributed by atoms with Gasteiger partial charge in [-0.3, -0.25) is 9.59 Å². The largest absolute Gasteiger partial charge is 0.387 e. The molecule has 3 atom stereocenters. The first kappa shape index (κ1) is 21.0. The minimum Gasteiger partial charge on any atom is -0.387 e. The summed E-state index contributed by atoms with van der Waals surface area (Å²) in [6.45, 7) is -0.302. The third-order valence-electron chi connectivity index (χ3n) is 5.69. The molecule has 2 amide bonds. The molecule has 0 saturated carbocycles. The molecule has 1 aliphatic heterocycles. The Morgan fingerprint density at radius 3 is 2.55 bits per heavy atom. The van der Waals surface area contributed by atoms with E-state index in [9.17, 15) is 19.8 Å². The van der Waals surface area contributed by atoms with Gasteiger partial charge in [-0.25, -0.2) is 0 Å². The predicted molar refractivity (Wildman–Crippen MR) is 115 cm³/mol. The molecule has 1 saturated heterocycles. The number of nitrogens with zero attached hydrogens (tertiary/aromatic N) is 1. The van der Waals surface area contributed by atoms with E-state index in [0.29, 0.717) is 11.3 Å². The number of aliphatic hydroxyl groups is 2. The first-order chi connectivity index (χ1) is 14.9. The van der Waals surface area contributed by atoms with E-state index in [4.69, 9.17) is 4.74 Å². The van der Waals surface area contributed by atoms with Gasteiger partial charge in [-0.1, -0.05) is 36.4 Å². The summed E-state index contributed by atoms with van der Waals surface area (Å²) < 4.78 is 7.32. The summed E-state index contributed by atoms with van der Waals surface area (Å²) in [5.74, 6) is -0.656. The van der Waals surface area contributed by atoms with Crippen molar-refractivity contribution in [3.05, 3.63) is 71.9 Å². The average molecular weight is 423 g/mol. The Morgan fingerprint density at radius 2 is 1.81 bits per heavy atom. The highest BCUT2D eigenvalue weighted by atomic mass is 16.5. The highest BCUT2D eigenvalue weighted by Gasteiger charge is 2.48. The van der Waals surface area contributed by atoms with Crippen LogP contribution in [0.5, 0.6) is 0 Å². The van der Waals surface area contributed by atoms with Gasteiger partial charge in [0, 0.05) is 30.1 Å². The molecule has 0 bridgehead atoms. The standard InChI is InChI=1S/C23H25N3O5/c1-26-17-10-6-5-9-16(17)11-18(26)22(29)24-12-19-20(27)23(30,14-31-19)13-25-21(28)15-7-3-2-4-8-15/h2-11,19-20,27,30H,12-14H2,1H3,(H,24,29)(H,25,28)/t19-,20-,23+/m1/s1. The predicted octanol–water partition coefficient (Wildman–Crippen LogP) is 0.829. The number of hydrogen-bond acceptors (Lipinski definition) is 5. The maximum absolute atomic E-state index is 12.6. The third kappa shape index (κ3) is 4.18. The summed E-state index contributed by atoms with van der Waals surface area (Å²) in [6.07, 6.45) is -2.06. The normalized spacial score (nSPS) is 23.1. The number of ether oxygens (including phenoxy) is 1. The minimum absolute atomic E-state index is 0.0243. The van der Waals surface area contributed by atoms with Gasteiger partial charge in [0.15, 0.2) is 0 Å². The lowest BCUT2D eigenvalue weighted by Crippen LogP contribution is -2.53. The molecule has 4 N–H and O–H groups in total. The molecule has 8 heteroatoms. The maximum Gasteiger partial charge on any atom is 0.268 e. The molecule has 1 fully saturated rings. The van der Waals surface area contributed by atoms with E-state index in [1.54, 1.807) is 41.0 Å². The smallest absolute Gasteiger partial charge is 0.268 e. The Bertz CT molecular complexity index is 1100. The number of hydrogen-bond donors (Lipinski definition) is 4. The van der Waals surface area contributed by atoms with Gasteiger partial charge in [0.2, 0.25) is 0 Å². The molecule has 8 nitrogen and oxygen atoms in total. The molecule has 1 aliphatic rings. The number of aryl methyl sites for hydroxylation is 1. The maximum atomic E-state index is 12.6. The molecule has 2 aromatic carbocycles. The topological polar surface area (TPSA) is 113 Å². The third-order valence-corrected chi connectivity index (χ3v) is 5.69. The van der Waals surface area contributed by atoms with E-state index in [1.165, 1.54) is 0 Å². The SMILES string of the molecule is Cn1c(C(=O)NC[C@H]2OC[C@@](O)(CNC(=O)c3ccccc3)[C@@H]2O)cc2ccccc21. The van der Waals surface area contributed by atoms with E-state index in [2.05, 4.69) is 10.6 Å². The number of nitrogens with one attached hydrogen (secondary N) is 2. The number of aliphatic hydroxyl groups excluding tert-OH is 1. The lowest BCUT2D eigenvalue weighted by molar-refractivity contribution is -0.0464. The summed E-state index contributed by atoms with van der Waals surface area (Å²) in [5.41, 5.74) is 0.241. The fourth-order valence-corrected chi connectivity index (χ4v) is 3.82. The van der Waals surface area contributed by atoms with Crippen LogP contribution >= 0.6 is 0 Å². The van der Waals surface area contributed by atoms with Crippen LogP contribution < -0.4 is 10.6 Å². The highest BCUT2D eigenvalue weighted by Crippen LogP contribution is 2.25. The Kier molecular flexibility index (Phi) is 5.77. The van der Waals surface area contributed by atoms with Crippen LogP contribution in [0.25, 0.3) is 10.9 Å². The van der Waals surface area contributed by atoms with Gasteiger partial charge < -0.3 is 30.2 Å².